The van der Waals surface area contributed by atoms with Gasteiger partial charge < -0.3 is 5.32 Å². The van der Waals surface area contributed by atoms with E-state index in [0.29, 0.717) is 0 Å². The topological polar surface area (TPSA) is 12.0 Å². The van der Waals surface area contributed by atoms with Crippen molar-refractivity contribution < 1.29 is 0 Å². The fraction of sp³-hybridized carbons (Fsp3) is 0.500. The average molecular weight is 177 g/mol. The molecule has 0 aliphatic heterocycles. The van der Waals surface area contributed by atoms with Gasteiger partial charge in [0.2, 0.25) is 0 Å². The lowest BCUT2D eigenvalue weighted by Crippen LogP contribution is -2.06. The molecule has 0 atom stereocenters. The van der Waals surface area contributed by atoms with Gasteiger partial charge in [0, 0.05) is 12.7 Å². The Balaban J connectivity index is 2.90. The molecule has 0 aromatic rings. The van der Waals surface area contributed by atoms with Crippen molar-refractivity contribution >= 4 is 0 Å². The highest BCUT2D eigenvalue weighted by atomic mass is 14.8. The summed E-state index contributed by atoms with van der Waals surface area (Å²) >= 11 is 0. The number of likely N-dealkylation sites (N-methyl/N-ethyl adjacent to an activating group) is 1. The summed E-state index contributed by atoms with van der Waals surface area (Å²) in [6, 6.07) is 0. The van der Waals surface area contributed by atoms with E-state index in [4.69, 9.17) is 0 Å². The van der Waals surface area contributed by atoms with E-state index in [1.807, 2.05) is 7.05 Å². The van der Waals surface area contributed by atoms with Gasteiger partial charge in [-0.25, -0.2) is 0 Å². The first kappa shape index (κ1) is 10.1. The molecule has 72 valence electrons. The maximum absolute atomic E-state index is 3.27. The largest absolute Gasteiger partial charge is 0.388 e. The number of hydrogen-bond acceptors (Lipinski definition) is 1. The average Bonchev–Trinajstić information content (AvgIpc) is 2.29. The van der Waals surface area contributed by atoms with Gasteiger partial charge in [-0.1, -0.05) is 25.5 Å². The Bertz CT molecular complexity index is 256. The van der Waals surface area contributed by atoms with Crippen LogP contribution in [0, 0.1) is 0 Å². The third-order valence-corrected chi connectivity index (χ3v) is 2.32. The first-order valence-electron chi connectivity index (χ1n) is 5.02. The summed E-state index contributed by atoms with van der Waals surface area (Å²) in [5.74, 6) is 0. The van der Waals surface area contributed by atoms with Gasteiger partial charge in [0.25, 0.3) is 0 Å². The second kappa shape index (κ2) is 4.90. The predicted molar refractivity (Wildman–Crippen MR) is 58.5 cm³/mol. The van der Waals surface area contributed by atoms with Crippen molar-refractivity contribution in [2.75, 3.05) is 7.05 Å². The van der Waals surface area contributed by atoms with E-state index in [1.165, 1.54) is 29.7 Å². The van der Waals surface area contributed by atoms with Gasteiger partial charge >= 0.3 is 0 Å². The van der Waals surface area contributed by atoms with Gasteiger partial charge in [0.05, 0.1) is 0 Å². The van der Waals surface area contributed by atoms with E-state index in [0.717, 1.165) is 6.42 Å². The molecule has 1 N–H and O–H groups in total. The van der Waals surface area contributed by atoms with Gasteiger partial charge in [0.15, 0.2) is 0 Å². The minimum Gasteiger partial charge on any atom is -0.388 e. The Kier molecular flexibility index (Phi) is 3.81. The van der Waals surface area contributed by atoms with Crippen molar-refractivity contribution in [2.45, 2.75) is 33.1 Å². The summed E-state index contributed by atoms with van der Waals surface area (Å²) < 4.78 is 0. The van der Waals surface area contributed by atoms with Gasteiger partial charge in [-0.3, -0.25) is 0 Å². The maximum atomic E-state index is 3.27. The van der Waals surface area contributed by atoms with Crippen LogP contribution in [0.2, 0.25) is 0 Å². The van der Waals surface area contributed by atoms with E-state index in [9.17, 15) is 0 Å². The minimum atomic E-state index is 1.10. The second-order valence-electron chi connectivity index (χ2n) is 3.51. The van der Waals surface area contributed by atoms with Gasteiger partial charge in [-0.05, 0) is 37.0 Å². The zero-order valence-electron chi connectivity index (χ0n) is 8.85. The first-order chi connectivity index (χ1) is 6.27. The molecular formula is C12H19N. The van der Waals surface area contributed by atoms with Crippen LogP contribution >= 0.6 is 0 Å². The van der Waals surface area contributed by atoms with Gasteiger partial charge in [-0.2, -0.15) is 0 Å². The van der Waals surface area contributed by atoms with Crippen LogP contribution in [0.3, 0.4) is 0 Å². The van der Waals surface area contributed by atoms with Gasteiger partial charge in [-0.15, -0.1) is 0 Å². The summed E-state index contributed by atoms with van der Waals surface area (Å²) in [7, 11) is 2.00. The number of hydrogen-bond donors (Lipinski definition) is 1. The Morgan fingerprint density at radius 1 is 1.46 bits per heavy atom. The van der Waals surface area contributed by atoms with E-state index in [1.54, 1.807) is 0 Å². The standard InChI is InChI=1S/C12H19N/c1-4-6-11-8-5-7-10(2)9-12(11)13-3/h5,7,9,13H,4,6,8H2,1-3H3. The van der Waals surface area contributed by atoms with E-state index in [-0.39, 0.29) is 0 Å². The van der Waals surface area contributed by atoms with Crippen molar-refractivity contribution in [1.82, 2.24) is 5.32 Å². The zero-order chi connectivity index (χ0) is 9.68. The Morgan fingerprint density at radius 2 is 2.23 bits per heavy atom. The molecule has 1 aliphatic carbocycles. The van der Waals surface area contributed by atoms with Crippen LogP contribution in [-0.4, -0.2) is 7.05 Å². The molecule has 1 nitrogen and oxygen atoms in total. The van der Waals surface area contributed by atoms with E-state index in [2.05, 4.69) is 37.4 Å². The Morgan fingerprint density at radius 3 is 2.85 bits per heavy atom. The van der Waals surface area contributed by atoms with E-state index >= 15 is 0 Å². The van der Waals surface area contributed by atoms with Crippen LogP contribution < -0.4 is 5.32 Å². The Labute approximate surface area is 81.2 Å². The summed E-state index contributed by atoms with van der Waals surface area (Å²) in [5.41, 5.74) is 4.16. The number of allylic oxidation sites excluding steroid dienone is 5. The molecule has 0 aromatic heterocycles. The van der Waals surface area contributed by atoms with Crippen molar-refractivity contribution in [3.63, 3.8) is 0 Å². The summed E-state index contributed by atoms with van der Waals surface area (Å²) in [6.45, 7) is 4.37. The van der Waals surface area contributed by atoms with Crippen LogP contribution in [0.25, 0.3) is 0 Å². The third-order valence-electron chi connectivity index (χ3n) is 2.32. The lowest BCUT2D eigenvalue weighted by atomic mass is 10.1. The highest BCUT2D eigenvalue weighted by molar-refractivity contribution is 5.35. The van der Waals surface area contributed by atoms with Crippen molar-refractivity contribution in [2.24, 2.45) is 0 Å². The molecule has 1 heteroatoms. The molecule has 0 amide bonds. The molecule has 0 radical (unpaired) electrons. The molecular weight excluding hydrogens is 158 g/mol. The summed E-state index contributed by atoms with van der Waals surface area (Å²) in [5, 5.41) is 3.27. The molecule has 0 aromatic carbocycles. The third kappa shape index (κ3) is 2.76. The molecule has 1 rings (SSSR count). The highest BCUT2D eigenvalue weighted by Gasteiger charge is 2.03. The quantitative estimate of drug-likeness (QED) is 0.698. The molecule has 0 bridgehead atoms. The normalized spacial score (nSPS) is 17.0. The highest BCUT2D eigenvalue weighted by Crippen LogP contribution is 2.19. The van der Waals surface area contributed by atoms with Crippen LogP contribution in [0.1, 0.15) is 33.1 Å². The number of rotatable bonds is 3. The second-order valence-corrected chi connectivity index (χ2v) is 3.51. The fourth-order valence-electron chi connectivity index (χ4n) is 1.66. The molecule has 0 unspecified atom stereocenters. The van der Waals surface area contributed by atoms with Crippen LogP contribution in [-0.2, 0) is 0 Å². The van der Waals surface area contributed by atoms with Crippen LogP contribution in [0.5, 0.6) is 0 Å². The first-order valence-corrected chi connectivity index (χ1v) is 5.02. The van der Waals surface area contributed by atoms with Crippen LogP contribution in [0.4, 0.5) is 0 Å². The fourth-order valence-corrected chi connectivity index (χ4v) is 1.66. The van der Waals surface area contributed by atoms with Crippen molar-refractivity contribution in [3.05, 3.63) is 35.1 Å². The van der Waals surface area contributed by atoms with Gasteiger partial charge in [0.1, 0.15) is 0 Å². The monoisotopic (exact) mass is 177 g/mol. The molecule has 0 saturated heterocycles. The smallest absolute Gasteiger partial charge is 0.0335 e. The maximum Gasteiger partial charge on any atom is 0.0335 e. The zero-order valence-corrected chi connectivity index (χ0v) is 8.85. The molecule has 13 heavy (non-hydrogen) atoms. The SMILES string of the molecule is CCCC1=C(NC)C=C(C)C=CC1. The lowest BCUT2D eigenvalue weighted by Gasteiger charge is -2.08. The molecule has 1 aliphatic rings. The minimum absolute atomic E-state index is 1.10. The summed E-state index contributed by atoms with van der Waals surface area (Å²) in [4.78, 5) is 0. The van der Waals surface area contributed by atoms with E-state index < -0.39 is 0 Å². The van der Waals surface area contributed by atoms with Crippen molar-refractivity contribution in [3.8, 4) is 0 Å². The van der Waals surface area contributed by atoms with Crippen molar-refractivity contribution in [1.29, 1.82) is 0 Å². The van der Waals surface area contributed by atoms with Crippen LogP contribution in [0.15, 0.2) is 35.1 Å². The lowest BCUT2D eigenvalue weighted by molar-refractivity contribution is 0.843. The molecule has 0 heterocycles. The molecule has 0 spiro atoms. The molecule has 0 saturated carbocycles. The number of nitrogens with one attached hydrogen (secondary N) is 1. The molecule has 0 fully saturated rings. The predicted octanol–water partition coefficient (Wildman–Crippen LogP) is 3.17. The summed E-state index contributed by atoms with van der Waals surface area (Å²) in [6.07, 6.45) is 10.2. The Hall–Kier alpha value is -0.980.